The standard InChI is InChI=1S/C18H20N4S/c1-22-10-9-13(12-22)18-19-16-8-7-14(11-17(16)20-18)21-23-15-5-3-2-4-6-15/h2-8,11,13,21H,9-10,12H2,1H3,(H,19,20). The number of imidazole rings is 1. The van der Waals surface area contributed by atoms with Gasteiger partial charge in [0, 0.05) is 23.0 Å². The zero-order valence-corrected chi connectivity index (χ0v) is 13.9. The van der Waals surface area contributed by atoms with Crippen molar-refractivity contribution in [1.82, 2.24) is 14.9 Å². The number of rotatable bonds is 4. The van der Waals surface area contributed by atoms with Gasteiger partial charge in [-0.2, -0.15) is 0 Å². The van der Waals surface area contributed by atoms with Crippen molar-refractivity contribution >= 4 is 28.7 Å². The molecular weight excluding hydrogens is 304 g/mol. The maximum atomic E-state index is 4.77. The first-order valence-electron chi connectivity index (χ1n) is 7.94. The minimum absolute atomic E-state index is 0.530. The zero-order valence-electron chi connectivity index (χ0n) is 13.1. The normalized spacial score (nSPS) is 18.6. The fourth-order valence-electron chi connectivity index (χ4n) is 3.05. The van der Waals surface area contributed by atoms with Gasteiger partial charge in [-0.05, 0) is 62.3 Å². The van der Waals surface area contributed by atoms with Crippen LogP contribution in [0.1, 0.15) is 18.2 Å². The molecule has 0 radical (unpaired) electrons. The van der Waals surface area contributed by atoms with Crippen LogP contribution in [0.3, 0.4) is 0 Å². The molecule has 0 bridgehead atoms. The van der Waals surface area contributed by atoms with Gasteiger partial charge in [0.25, 0.3) is 0 Å². The summed E-state index contributed by atoms with van der Waals surface area (Å²) >= 11 is 1.62. The van der Waals surface area contributed by atoms with Crippen LogP contribution in [0.5, 0.6) is 0 Å². The largest absolute Gasteiger partial charge is 0.342 e. The Morgan fingerprint density at radius 2 is 2.09 bits per heavy atom. The molecule has 2 heterocycles. The first-order chi connectivity index (χ1) is 11.3. The van der Waals surface area contributed by atoms with E-state index in [2.05, 4.69) is 52.0 Å². The Kier molecular flexibility index (Phi) is 3.97. The lowest BCUT2D eigenvalue weighted by Crippen LogP contribution is -2.13. The number of likely N-dealkylation sites (tertiary alicyclic amines) is 1. The second-order valence-corrected chi connectivity index (χ2v) is 7.00. The maximum Gasteiger partial charge on any atom is 0.111 e. The molecule has 0 aliphatic carbocycles. The topological polar surface area (TPSA) is 44.0 Å². The van der Waals surface area contributed by atoms with Crippen LogP contribution in [0.25, 0.3) is 11.0 Å². The van der Waals surface area contributed by atoms with Gasteiger partial charge in [-0.25, -0.2) is 4.98 Å². The molecule has 1 aliphatic rings. The Morgan fingerprint density at radius 3 is 2.87 bits per heavy atom. The highest BCUT2D eigenvalue weighted by Crippen LogP contribution is 2.28. The molecule has 0 spiro atoms. The fourth-order valence-corrected chi connectivity index (χ4v) is 3.71. The zero-order chi connectivity index (χ0) is 15.6. The molecule has 1 atom stereocenters. The second kappa shape index (κ2) is 6.26. The van der Waals surface area contributed by atoms with Crippen molar-refractivity contribution in [2.45, 2.75) is 17.2 Å². The van der Waals surface area contributed by atoms with Crippen molar-refractivity contribution in [3.8, 4) is 0 Å². The average molecular weight is 324 g/mol. The van der Waals surface area contributed by atoms with Crippen LogP contribution in [0, 0.1) is 0 Å². The summed E-state index contributed by atoms with van der Waals surface area (Å²) in [5, 5.41) is 0. The van der Waals surface area contributed by atoms with Gasteiger partial charge < -0.3 is 14.6 Å². The van der Waals surface area contributed by atoms with Crippen LogP contribution in [0.2, 0.25) is 0 Å². The van der Waals surface area contributed by atoms with Gasteiger partial charge in [0.2, 0.25) is 0 Å². The van der Waals surface area contributed by atoms with Crippen LogP contribution in [-0.2, 0) is 0 Å². The molecule has 5 heteroatoms. The van der Waals surface area contributed by atoms with E-state index in [0.29, 0.717) is 5.92 Å². The molecular formula is C18H20N4S. The lowest BCUT2D eigenvalue weighted by molar-refractivity contribution is 0.410. The number of benzene rings is 2. The molecule has 2 N–H and O–H groups in total. The van der Waals surface area contributed by atoms with E-state index in [0.717, 1.165) is 35.6 Å². The van der Waals surface area contributed by atoms with Gasteiger partial charge in [-0.1, -0.05) is 18.2 Å². The van der Waals surface area contributed by atoms with Gasteiger partial charge in [0.05, 0.1) is 11.0 Å². The summed E-state index contributed by atoms with van der Waals surface area (Å²) in [4.78, 5) is 11.8. The number of likely N-dealkylation sites (N-methyl/N-ethyl adjacent to an activating group) is 1. The average Bonchev–Trinajstić information content (AvgIpc) is 3.19. The highest BCUT2D eigenvalue weighted by Gasteiger charge is 2.23. The minimum Gasteiger partial charge on any atom is -0.342 e. The number of fused-ring (bicyclic) bond motifs is 1. The molecule has 1 unspecified atom stereocenters. The maximum absolute atomic E-state index is 4.77. The highest BCUT2D eigenvalue weighted by molar-refractivity contribution is 8.00. The Balaban J connectivity index is 1.51. The van der Waals surface area contributed by atoms with Crippen LogP contribution in [0.15, 0.2) is 53.4 Å². The van der Waals surface area contributed by atoms with E-state index >= 15 is 0 Å². The number of nitrogens with zero attached hydrogens (tertiary/aromatic N) is 2. The number of aromatic amines is 1. The summed E-state index contributed by atoms with van der Waals surface area (Å²) < 4.78 is 3.40. The van der Waals surface area contributed by atoms with Crippen molar-refractivity contribution in [3.63, 3.8) is 0 Å². The SMILES string of the molecule is CN1CCC(c2nc3ccc(NSc4ccccc4)cc3[nH]2)C1. The first-order valence-corrected chi connectivity index (χ1v) is 8.76. The van der Waals surface area contributed by atoms with Crippen molar-refractivity contribution in [1.29, 1.82) is 0 Å². The smallest absolute Gasteiger partial charge is 0.111 e. The predicted molar refractivity (Wildman–Crippen MR) is 96.9 cm³/mol. The van der Waals surface area contributed by atoms with Gasteiger partial charge in [-0.3, -0.25) is 0 Å². The molecule has 0 saturated carbocycles. The summed E-state index contributed by atoms with van der Waals surface area (Å²) in [5.41, 5.74) is 3.24. The van der Waals surface area contributed by atoms with E-state index in [1.165, 1.54) is 11.3 Å². The summed E-state index contributed by atoms with van der Waals surface area (Å²) in [7, 11) is 2.17. The number of H-pyrrole nitrogens is 1. The van der Waals surface area contributed by atoms with Gasteiger partial charge in [-0.15, -0.1) is 0 Å². The fraction of sp³-hybridized carbons (Fsp3) is 0.278. The van der Waals surface area contributed by atoms with E-state index in [9.17, 15) is 0 Å². The lowest BCUT2D eigenvalue weighted by atomic mass is 10.1. The van der Waals surface area contributed by atoms with E-state index in [1.807, 2.05) is 18.2 Å². The summed E-state index contributed by atoms with van der Waals surface area (Å²) in [6.45, 7) is 2.25. The van der Waals surface area contributed by atoms with E-state index in [-0.39, 0.29) is 0 Å². The van der Waals surface area contributed by atoms with Crippen LogP contribution < -0.4 is 4.72 Å². The molecule has 4 nitrogen and oxygen atoms in total. The van der Waals surface area contributed by atoms with E-state index in [4.69, 9.17) is 4.98 Å². The molecule has 1 fully saturated rings. The molecule has 118 valence electrons. The third-order valence-corrected chi connectivity index (χ3v) is 5.15. The number of nitrogens with one attached hydrogen (secondary N) is 2. The molecule has 2 aromatic carbocycles. The third kappa shape index (κ3) is 3.21. The Bertz CT molecular complexity index is 799. The number of aromatic nitrogens is 2. The third-order valence-electron chi connectivity index (χ3n) is 4.31. The van der Waals surface area contributed by atoms with Crippen molar-refractivity contribution in [2.75, 3.05) is 24.9 Å². The quantitative estimate of drug-likeness (QED) is 0.709. The first kappa shape index (κ1) is 14.6. The predicted octanol–water partition coefficient (Wildman–Crippen LogP) is 4.10. The highest BCUT2D eigenvalue weighted by atomic mass is 32.2. The number of anilines is 1. The Morgan fingerprint density at radius 1 is 1.22 bits per heavy atom. The van der Waals surface area contributed by atoms with Gasteiger partial charge in [0.1, 0.15) is 5.82 Å². The molecule has 1 aromatic heterocycles. The molecule has 4 rings (SSSR count). The van der Waals surface area contributed by atoms with E-state index < -0.39 is 0 Å². The minimum atomic E-state index is 0.530. The molecule has 23 heavy (non-hydrogen) atoms. The lowest BCUT2D eigenvalue weighted by Gasteiger charge is -2.06. The Hall–Kier alpha value is -1.98. The molecule has 0 amide bonds. The number of hydrogen-bond acceptors (Lipinski definition) is 4. The summed E-state index contributed by atoms with van der Waals surface area (Å²) in [5.74, 6) is 1.65. The molecule has 1 aliphatic heterocycles. The monoisotopic (exact) mass is 324 g/mol. The van der Waals surface area contributed by atoms with Crippen molar-refractivity contribution < 1.29 is 0 Å². The molecule has 1 saturated heterocycles. The van der Waals surface area contributed by atoms with Crippen LogP contribution in [-0.4, -0.2) is 35.0 Å². The molecule has 3 aromatic rings. The van der Waals surface area contributed by atoms with Crippen LogP contribution in [0.4, 0.5) is 5.69 Å². The van der Waals surface area contributed by atoms with Crippen LogP contribution >= 0.6 is 11.9 Å². The summed E-state index contributed by atoms with van der Waals surface area (Å²) in [6, 6.07) is 16.6. The van der Waals surface area contributed by atoms with Crippen molar-refractivity contribution in [2.24, 2.45) is 0 Å². The van der Waals surface area contributed by atoms with Crippen molar-refractivity contribution in [3.05, 3.63) is 54.4 Å². The van der Waals surface area contributed by atoms with Gasteiger partial charge >= 0.3 is 0 Å². The van der Waals surface area contributed by atoms with E-state index in [1.54, 1.807) is 11.9 Å². The second-order valence-electron chi connectivity index (χ2n) is 6.12. The number of hydrogen-bond donors (Lipinski definition) is 2. The van der Waals surface area contributed by atoms with Gasteiger partial charge in [0.15, 0.2) is 0 Å². The Labute approximate surface area is 140 Å². The summed E-state index contributed by atoms with van der Waals surface area (Å²) in [6.07, 6.45) is 1.19.